The molecule has 0 unspecified atom stereocenters. The lowest BCUT2D eigenvalue weighted by atomic mass is 9.95. The molecule has 7 aromatic rings. The molecule has 3 nitrogen and oxygen atoms in total. The third-order valence-corrected chi connectivity index (χ3v) is 6.51. The van der Waals surface area contributed by atoms with E-state index in [9.17, 15) is 0 Å². The Morgan fingerprint density at radius 1 is 0.697 bits per heavy atom. The predicted molar refractivity (Wildman–Crippen MR) is 136 cm³/mol. The molecule has 0 saturated heterocycles. The zero-order chi connectivity index (χ0) is 21.9. The molecule has 0 aliphatic rings. The number of benzene rings is 5. The monoisotopic (exact) mass is 424 g/mol. The van der Waals surface area contributed by atoms with Crippen molar-refractivity contribution in [1.29, 1.82) is 0 Å². The first kappa shape index (κ1) is 18.2. The Kier molecular flexibility index (Phi) is 3.76. The van der Waals surface area contributed by atoms with Crippen LogP contribution in [0.25, 0.3) is 60.6 Å². The van der Waals surface area contributed by atoms with Crippen LogP contribution in [0.15, 0.2) is 108 Å². The molecule has 0 aliphatic heterocycles. The highest BCUT2D eigenvalue weighted by Crippen LogP contribution is 2.41. The second kappa shape index (κ2) is 6.81. The summed E-state index contributed by atoms with van der Waals surface area (Å²) in [7, 11) is 0. The molecule has 7 rings (SSSR count). The molecular formula is C30H20N2O. The second-order valence-corrected chi connectivity index (χ2v) is 8.48. The Morgan fingerprint density at radius 3 is 2.42 bits per heavy atom. The molecule has 0 bridgehead atoms. The number of hydrogen-bond donors (Lipinski definition) is 0. The Balaban J connectivity index is 1.57. The summed E-state index contributed by atoms with van der Waals surface area (Å²) in [5, 5.41) is 4.69. The molecule has 3 heteroatoms. The van der Waals surface area contributed by atoms with Gasteiger partial charge in [-0.05, 0) is 59.7 Å². The van der Waals surface area contributed by atoms with Crippen LogP contribution in [-0.2, 0) is 0 Å². The quantitative estimate of drug-likeness (QED) is 0.281. The SMILES string of the molecule is Cc1nc2ccccc2n1-c1cccc(-c2c3ccccc3cc3c2oc2ccccc23)c1. The van der Waals surface area contributed by atoms with Crippen molar-refractivity contribution in [1.82, 2.24) is 9.55 Å². The third kappa shape index (κ3) is 2.66. The molecule has 2 heterocycles. The lowest BCUT2D eigenvalue weighted by molar-refractivity contribution is 0.670. The van der Waals surface area contributed by atoms with E-state index in [4.69, 9.17) is 9.40 Å². The summed E-state index contributed by atoms with van der Waals surface area (Å²) in [5.41, 5.74) is 7.31. The van der Waals surface area contributed by atoms with Crippen molar-refractivity contribution in [2.75, 3.05) is 0 Å². The number of hydrogen-bond acceptors (Lipinski definition) is 2. The standard InChI is InChI=1S/C30H20N2O/c1-19-31-26-14-5-6-15-27(26)32(19)22-11-8-10-21(17-22)29-23-12-3-2-9-20(23)18-25-24-13-4-7-16-28(24)33-30(25)29/h2-18H,1H3. The van der Waals surface area contributed by atoms with E-state index in [0.29, 0.717) is 0 Å². The maximum atomic E-state index is 6.45. The number of nitrogens with zero attached hydrogens (tertiary/aromatic N) is 2. The van der Waals surface area contributed by atoms with Crippen LogP contribution in [0.5, 0.6) is 0 Å². The van der Waals surface area contributed by atoms with Crippen LogP contribution in [0.1, 0.15) is 5.82 Å². The largest absolute Gasteiger partial charge is 0.455 e. The van der Waals surface area contributed by atoms with E-state index >= 15 is 0 Å². The first-order valence-corrected chi connectivity index (χ1v) is 11.2. The van der Waals surface area contributed by atoms with Crippen LogP contribution in [0, 0.1) is 6.92 Å². The molecule has 0 aliphatic carbocycles. The van der Waals surface area contributed by atoms with E-state index < -0.39 is 0 Å². The highest BCUT2D eigenvalue weighted by molar-refractivity contribution is 6.18. The minimum atomic E-state index is 0.914. The van der Waals surface area contributed by atoms with Gasteiger partial charge in [0.05, 0.1) is 11.0 Å². The van der Waals surface area contributed by atoms with E-state index in [1.54, 1.807) is 0 Å². The number of imidazole rings is 1. The summed E-state index contributed by atoms with van der Waals surface area (Å²) >= 11 is 0. The average molecular weight is 425 g/mol. The van der Waals surface area contributed by atoms with Gasteiger partial charge in [-0.15, -0.1) is 0 Å². The summed E-state index contributed by atoms with van der Waals surface area (Å²) in [6.45, 7) is 2.06. The maximum Gasteiger partial charge on any atom is 0.143 e. The normalized spacial score (nSPS) is 11.8. The summed E-state index contributed by atoms with van der Waals surface area (Å²) in [4.78, 5) is 4.77. The fraction of sp³-hybridized carbons (Fsp3) is 0.0333. The molecule has 33 heavy (non-hydrogen) atoms. The van der Waals surface area contributed by atoms with E-state index in [-0.39, 0.29) is 0 Å². The lowest BCUT2D eigenvalue weighted by Crippen LogP contribution is -1.97. The number of furan rings is 1. The van der Waals surface area contributed by atoms with Crippen molar-refractivity contribution in [3.8, 4) is 16.8 Å². The van der Waals surface area contributed by atoms with Gasteiger partial charge in [0.25, 0.3) is 0 Å². The molecule has 0 fully saturated rings. The molecule has 156 valence electrons. The lowest BCUT2D eigenvalue weighted by Gasteiger charge is -2.12. The Hall–Kier alpha value is -4.37. The van der Waals surface area contributed by atoms with Gasteiger partial charge in [0, 0.05) is 22.0 Å². The third-order valence-electron chi connectivity index (χ3n) is 6.51. The van der Waals surface area contributed by atoms with Gasteiger partial charge in [-0.1, -0.05) is 66.7 Å². The number of aryl methyl sites for hydroxylation is 1. The highest BCUT2D eigenvalue weighted by atomic mass is 16.3. The van der Waals surface area contributed by atoms with Crippen LogP contribution in [0.3, 0.4) is 0 Å². The molecule has 0 saturated carbocycles. The molecule has 0 N–H and O–H groups in total. The molecule has 0 radical (unpaired) electrons. The van der Waals surface area contributed by atoms with Crippen LogP contribution < -0.4 is 0 Å². The number of para-hydroxylation sites is 3. The van der Waals surface area contributed by atoms with E-state index in [1.807, 2.05) is 18.2 Å². The van der Waals surface area contributed by atoms with E-state index in [0.717, 1.165) is 55.6 Å². The predicted octanol–water partition coefficient (Wildman–Crippen LogP) is 8.05. The van der Waals surface area contributed by atoms with Gasteiger partial charge in [0.1, 0.15) is 17.0 Å². The minimum absolute atomic E-state index is 0.914. The molecule has 2 aromatic heterocycles. The summed E-state index contributed by atoms with van der Waals surface area (Å²) in [6, 6.07) is 36.0. The van der Waals surface area contributed by atoms with Gasteiger partial charge in [-0.2, -0.15) is 0 Å². The summed E-state index contributed by atoms with van der Waals surface area (Å²) < 4.78 is 8.67. The first-order chi connectivity index (χ1) is 16.3. The highest BCUT2D eigenvalue weighted by Gasteiger charge is 2.17. The molecule has 0 atom stereocenters. The topological polar surface area (TPSA) is 31.0 Å². The van der Waals surface area contributed by atoms with Crippen molar-refractivity contribution in [2.45, 2.75) is 6.92 Å². The Morgan fingerprint density at radius 2 is 1.48 bits per heavy atom. The minimum Gasteiger partial charge on any atom is -0.455 e. The van der Waals surface area contributed by atoms with Gasteiger partial charge < -0.3 is 4.42 Å². The van der Waals surface area contributed by atoms with Gasteiger partial charge in [-0.25, -0.2) is 4.98 Å². The van der Waals surface area contributed by atoms with Gasteiger partial charge in [0.2, 0.25) is 0 Å². The van der Waals surface area contributed by atoms with Gasteiger partial charge >= 0.3 is 0 Å². The molecular weight excluding hydrogens is 404 g/mol. The molecule has 5 aromatic carbocycles. The summed E-state index contributed by atoms with van der Waals surface area (Å²) in [6.07, 6.45) is 0. The Labute approximate surface area is 190 Å². The average Bonchev–Trinajstić information content (AvgIpc) is 3.39. The Bertz CT molecular complexity index is 1840. The zero-order valence-electron chi connectivity index (χ0n) is 18.1. The fourth-order valence-electron chi connectivity index (χ4n) is 5.08. The smallest absolute Gasteiger partial charge is 0.143 e. The van der Waals surface area contributed by atoms with Crippen LogP contribution in [0.2, 0.25) is 0 Å². The van der Waals surface area contributed by atoms with Crippen LogP contribution in [0.4, 0.5) is 0 Å². The molecule has 0 spiro atoms. The second-order valence-electron chi connectivity index (χ2n) is 8.48. The van der Waals surface area contributed by atoms with Crippen LogP contribution in [-0.4, -0.2) is 9.55 Å². The maximum absolute atomic E-state index is 6.45. The van der Waals surface area contributed by atoms with Crippen molar-refractivity contribution >= 4 is 43.7 Å². The first-order valence-electron chi connectivity index (χ1n) is 11.2. The van der Waals surface area contributed by atoms with Crippen molar-refractivity contribution in [2.24, 2.45) is 0 Å². The summed E-state index contributed by atoms with van der Waals surface area (Å²) in [5.74, 6) is 0.972. The number of fused-ring (bicyclic) bond motifs is 5. The number of aromatic nitrogens is 2. The molecule has 0 amide bonds. The van der Waals surface area contributed by atoms with Gasteiger partial charge in [0.15, 0.2) is 0 Å². The number of rotatable bonds is 2. The fourth-order valence-corrected chi connectivity index (χ4v) is 5.08. The van der Waals surface area contributed by atoms with Crippen molar-refractivity contribution < 1.29 is 4.42 Å². The van der Waals surface area contributed by atoms with E-state index in [2.05, 4.69) is 96.4 Å². The van der Waals surface area contributed by atoms with Crippen LogP contribution >= 0.6 is 0 Å². The van der Waals surface area contributed by atoms with E-state index in [1.165, 1.54) is 10.8 Å². The van der Waals surface area contributed by atoms with Crippen molar-refractivity contribution in [3.63, 3.8) is 0 Å². The van der Waals surface area contributed by atoms with Gasteiger partial charge in [-0.3, -0.25) is 4.57 Å². The van der Waals surface area contributed by atoms with Crippen molar-refractivity contribution in [3.05, 3.63) is 109 Å². The zero-order valence-corrected chi connectivity index (χ0v) is 18.1.